The third-order valence-corrected chi connectivity index (χ3v) is 2.42. The molecular weight excluding hydrogens is 192 g/mol. The minimum atomic E-state index is 0.802. The first-order valence-electron chi connectivity index (χ1n) is 4.99. The van der Waals surface area contributed by atoms with Gasteiger partial charge in [0.05, 0.1) is 6.21 Å². The predicted octanol–water partition coefficient (Wildman–Crippen LogP) is 0.299. The van der Waals surface area contributed by atoms with E-state index in [-0.39, 0.29) is 0 Å². The Hall–Kier alpha value is -1.62. The number of hydrogen-bond donors (Lipinski definition) is 2. The van der Waals surface area contributed by atoms with Crippen LogP contribution in [0.1, 0.15) is 5.56 Å². The van der Waals surface area contributed by atoms with Gasteiger partial charge in [-0.05, 0) is 12.1 Å². The van der Waals surface area contributed by atoms with Gasteiger partial charge in [-0.1, -0.05) is 5.16 Å². The maximum atomic E-state index is 8.36. The van der Waals surface area contributed by atoms with Crippen LogP contribution in [0.2, 0.25) is 0 Å². The molecule has 0 spiro atoms. The second-order valence-electron chi connectivity index (χ2n) is 3.43. The first-order chi connectivity index (χ1) is 7.40. The molecule has 0 aliphatic carbocycles. The Morgan fingerprint density at radius 3 is 2.80 bits per heavy atom. The largest absolute Gasteiger partial charge is 0.411 e. The first kappa shape index (κ1) is 9.92. The molecule has 1 aromatic rings. The fraction of sp³-hybridized carbons (Fsp3) is 0.400. The van der Waals surface area contributed by atoms with Crippen molar-refractivity contribution in [2.75, 3.05) is 31.1 Å². The lowest BCUT2D eigenvalue weighted by molar-refractivity contribution is 0.322. The number of aromatic nitrogens is 1. The molecule has 0 saturated carbocycles. The lowest BCUT2D eigenvalue weighted by atomic mass is 10.3. The first-order valence-corrected chi connectivity index (χ1v) is 4.99. The summed E-state index contributed by atoms with van der Waals surface area (Å²) in [5.41, 5.74) is 0.802. The SMILES string of the molecule is O/N=C\c1ccc(N2CCNCC2)nc1. The van der Waals surface area contributed by atoms with E-state index >= 15 is 0 Å². The molecule has 1 fully saturated rings. The van der Waals surface area contributed by atoms with E-state index in [0.29, 0.717) is 0 Å². The molecule has 80 valence electrons. The number of nitrogens with zero attached hydrogens (tertiary/aromatic N) is 3. The molecule has 2 N–H and O–H groups in total. The van der Waals surface area contributed by atoms with Crippen molar-refractivity contribution in [2.45, 2.75) is 0 Å². The van der Waals surface area contributed by atoms with E-state index < -0.39 is 0 Å². The van der Waals surface area contributed by atoms with Crippen LogP contribution < -0.4 is 10.2 Å². The summed E-state index contributed by atoms with van der Waals surface area (Å²) in [6.07, 6.45) is 3.08. The maximum Gasteiger partial charge on any atom is 0.128 e. The lowest BCUT2D eigenvalue weighted by Gasteiger charge is -2.28. The fourth-order valence-corrected chi connectivity index (χ4v) is 1.62. The van der Waals surface area contributed by atoms with Crippen molar-refractivity contribution in [3.05, 3.63) is 23.9 Å². The Morgan fingerprint density at radius 1 is 1.40 bits per heavy atom. The maximum absolute atomic E-state index is 8.36. The second-order valence-corrected chi connectivity index (χ2v) is 3.43. The van der Waals surface area contributed by atoms with Gasteiger partial charge in [-0.25, -0.2) is 4.98 Å². The molecule has 1 aromatic heterocycles. The second kappa shape index (κ2) is 4.75. The van der Waals surface area contributed by atoms with Crippen molar-refractivity contribution in [3.8, 4) is 0 Å². The molecular formula is C10H14N4O. The van der Waals surface area contributed by atoms with Gasteiger partial charge in [-0.2, -0.15) is 0 Å². The summed E-state index contributed by atoms with van der Waals surface area (Å²) in [7, 11) is 0. The van der Waals surface area contributed by atoms with Crippen LogP contribution in [-0.4, -0.2) is 42.6 Å². The molecule has 0 amide bonds. The van der Waals surface area contributed by atoms with Gasteiger partial charge >= 0.3 is 0 Å². The predicted molar refractivity (Wildman–Crippen MR) is 58.7 cm³/mol. The van der Waals surface area contributed by atoms with E-state index in [2.05, 4.69) is 20.4 Å². The average molecular weight is 206 g/mol. The number of hydrogen-bond acceptors (Lipinski definition) is 5. The summed E-state index contributed by atoms with van der Waals surface area (Å²) >= 11 is 0. The van der Waals surface area contributed by atoms with Crippen molar-refractivity contribution in [1.29, 1.82) is 0 Å². The van der Waals surface area contributed by atoms with Crippen LogP contribution in [0.3, 0.4) is 0 Å². The Labute approximate surface area is 88.4 Å². The Morgan fingerprint density at radius 2 is 2.20 bits per heavy atom. The fourth-order valence-electron chi connectivity index (χ4n) is 1.62. The number of piperazine rings is 1. The van der Waals surface area contributed by atoms with E-state index in [0.717, 1.165) is 37.6 Å². The van der Waals surface area contributed by atoms with Gasteiger partial charge in [0.1, 0.15) is 5.82 Å². The highest BCUT2D eigenvalue weighted by atomic mass is 16.4. The Balaban J connectivity index is 2.08. The highest BCUT2D eigenvalue weighted by Gasteiger charge is 2.10. The zero-order valence-corrected chi connectivity index (χ0v) is 8.43. The lowest BCUT2D eigenvalue weighted by Crippen LogP contribution is -2.43. The van der Waals surface area contributed by atoms with E-state index in [4.69, 9.17) is 5.21 Å². The highest BCUT2D eigenvalue weighted by molar-refractivity contribution is 5.78. The minimum Gasteiger partial charge on any atom is -0.411 e. The number of anilines is 1. The van der Waals surface area contributed by atoms with Crippen LogP contribution in [0.5, 0.6) is 0 Å². The summed E-state index contributed by atoms with van der Waals surface area (Å²) in [4.78, 5) is 6.55. The van der Waals surface area contributed by atoms with Gasteiger partial charge in [0.25, 0.3) is 0 Å². The molecule has 1 aliphatic rings. The third-order valence-electron chi connectivity index (χ3n) is 2.42. The Kier molecular flexibility index (Phi) is 3.14. The van der Waals surface area contributed by atoms with Crippen LogP contribution in [-0.2, 0) is 0 Å². The summed E-state index contributed by atoms with van der Waals surface area (Å²) in [5, 5.41) is 14.6. The van der Waals surface area contributed by atoms with E-state index in [1.807, 2.05) is 12.1 Å². The molecule has 0 aromatic carbocycles. The summed E-state index contributed by atoms with van der Waals surface area (Å²) in [5.74, 6) is 0.978. The molecule has 0 bridgehead atoms. The molecule has 0 unspecified atom stereocenters. The average Bonchev–Trinajstić information content (AvgIpc) is 2.32. The summed E-state index contributed by atoms with van der Waals surface area (Å²) < 4.78 is 0. The van der Waals surface area contributed by atoms with Crippen molar-refractivity contribution in [3.63, 3.8) is 0 Å². The highest BCUT2D eigenvalue weighted by Crippen LogP contribution is 2.10. The van der Waals surface area contributed by atoms with Gasteiger partial charge in [0.2, 0.25) is 0 Å². The van der Waals surface area contributed by atoms with Crippen molar-refractivity contribution >= 4 is 12.0 Å². The zero-order chi connectivity index (χ0) is 10.5. The van der Waals surface area contributed by atoms with Gasteiger partial charge in [-0.15, -0.1) is 0 Å². The van der Waals surface area contributed by atoms with Crippen LogP contribution in [0.25, 0.3) is 0 Å². The summed E-state index contributed by atoms with van der Waals surface area (Å²) in [6.45, 7) is 3.98. The zero-order valence-electron chi connectivity index (χ0n) is 8.43. The monoisotopic (exact) mass is 206 g/mol. The van der Waals surface area contributed by atoms with Gasteiger partial charge in [-0.3, -0.25) is 0 Å². The summed E-state index contributed by atoms with van der Waals surface area (Å²) in [6, 6.07) is 3.84. The number of oxime groups is 1. The molecule has 2 rings (SSSR count). The quantitative estimate of drug-likeness (QED) is 0.415. The standard InChI is InChI=1S/C10H14N4O/c15-13-8-9-1-2-10(12-7-9)14-5-3-11-4-6-14/h1-2,7-8,11,15H,3-6H2/b13-8-. The molecule has 0 radical (unpaired) electrons. The topological polar surface area (TPSA) is 60.8 Å². The number of rotatable bonds is 2. The van der Waals surface area contributed by atoms with Crippen molar-refractivity contribution in [2.24, 2.45) is 5.16 Å². The van der Waals surface area contributed by atoms with Gasteiger partial charge in [0.15, 0.2) is 0 Å². The molecule has 5 nitrogen and oxygen atoms in total. The molecule has 2 heterocycles. The van der Waals surface area contributed by atoms with Crippen LogP contribution >= 0.6 is 0 Å². The smallest absolute Gasteiger partial charge is 0.128 e. The molecule has 15 heavy (non-hydrogen) atoms. The van der Waals surface area contributed by atoms with Gasteiger partial charge < -0.3 is 15.4 Å². The minimum absolute atomic E-state index is 0.802. The third kappa shape index (κ3) is 2.44. The van der Waals surface area contributed by atoms with Crippen LogP contribution in [0, 0.1) is 0 Å². The van der Waals surface area contributed by atoms with Gasteiger partial charge in [0, 0.05) is 37.9 Å². The van der Waals surface area contributed by atoms with Crippen molar-refractivity contribution in [1.82, 2.24) is 10.3 Å². The Bertz CT molecular complexity index is 330. The van der Waals surface area contributed by atoms with Crippen LogP contribution in [0.15, 0.2) is 23.5 Å². The van der Waals surface area contributed by atoms with E-state index in [1.54, 1.807) is 6.20 Å². The molecule has 5 heteroatoms. The van der Waals surface area contributed by atoms with Crippen molar-refractivity contribution < 1.29 is 5.21 Å². The number of nitrogens with one attached hydrogen (secondary N) is 1. The molecule has 1 saturated heterocycles. The van der Waals surface area contributed by atoms with E-state index in [9.17, 15) is 0 Å². The molecule has 1 aliphatic heterocycles. The van der Waals surface area contributed by atoms with Crippen LogP contribution in [0.4, 0.5) is 5.82 Å². The van der Waals surface area contributed by atoms with E-state index in [1.165, 1.54) is 6.21 Å². The normalized spacial score (nSPS) is 17.2. The number of pyridine rings is 1. The molecule has 0 atom stereocenters.